The maximum atomic E-state index is 13.9. The van der Waals surface area contributed by atoms with Gasteiger partial charge in [0.15, 0.2) is 5.60 Å². The third kappa shape index (κ3) is 3.93. The summed E-state index contributed by atoms with van der Waals surface area (Å²) in [5.41, 5.74) is 2.99. The molecule has 0 radical (unpaired) electrons. The van der Waals surface area contributed by atoms with E-state index in [-0.39, 0.29) is 29.7 Å². The molecule has 1 aromatic carbocycles. The molecule has 4 atom stereocenters. The van der Waals surface area contributed by atoms with Crippen molar-refractivity contribution in [1.82, 2.24) is 9.96 Å². The summed E-state index contributed by atoms with van der Waals surface area (Å²) in [5.74, 6) is -4.77. The molecule has 11 heteroatoms. The summed E-state index contributed by atoms with van der Waals surface area (Å²) in [5, 5.41) is 54.9. The van der Waals surface area contributed by atoms with E-state index >= 15 is 0 Å². The predicted molar refractivity (Wildman–Crippen MR) is 135 cm³/mol. The number of likely N-dealkylation sites (N-methyl/N-ethyl adjacent to an activating group) is 1. The summed E-state index contributed by atoms with van der Waals surface area (Å²) in [7, 11) is 3.25. The average Bonchev–Trinajstić information content (AvgIpc) is 2.82. The number of aromatic hydroxyl groups is 1. The Morgan fingerprint density at radius 3 is 2.49 bits per heavy atom. The number of nitrogens with zero attached hydrogens (tertiary/aromatic N) is 2. The summed E-state index contributed by atoms with van der Waals surface area (Å²) in [6, 6.07) is 2.22. The number of Topliss-reactive ketones (excluding diaryl/α,β-unsaturated/α-hetero) is 1. The molecule has 0 bridgehead atoms. The molecule has 4 rings (SSSR count). The molecule has 3 aliphatic rings. The van der Waals surface area contributed by atoms with Crippen LogP contribution in [0.2, 0.25) is 0 Å². The number of nitrogens with one attached hydrogen (secondary N) is 1. The van der Waals surface area contributed by atoms with Crippen molar-refractivity contribution in [2.24, 2.45) is 17.6 Å². The first-order chi connectivity index (χ1) is 17.4. The highest BCUT2D eigenvalue weighted by Crippen LogP contribution is 2.52. The Morgan fingerprint density at radius 2 is 1.92 bits per heavy atom. The van der Waals surface area contributed by atoms with Crippen LogP contribution in [0.4, 0.5) is 0 Å². The Bertz CT molecular complexity index is 1240. The summed E-state index contributed by atoms with van der Waals surface area (Å²) in [4.78, 5) is 33.3. The molecule has 0 spiro atoms. The summed E-state index contributed by atoms with van der Waals surface area (Å²) in [6.45, 7) is 5.29. The van der Waals surface area contributed by atoms with E-state index in [4.69, 9.17) is 16.0 Å². The Kier molecular flexibility index (Phi) is 6.93. The molecule has 0 aliphatic heterocycles. The second kappa shape index (κ2) is 9.56. The van der Waals surface area contributed by atoms with Crippen molar-refractivity contribution >= 4 is 23.2 Å². The van der Waals surface area contributed by atoms with Gasteiger partial charge in [0.25, 0.3) is 5.91 Å². The molecule has 11 nitrogen and oxygen atoms in total. The van der Waals surface area contributed by atoms with E-state index < -0.39 is 58.0 Å². The average molecular weight is 515 g/mol. The smallest absolute Gasteiger partial charge is 0.254 e. The first-order valence-corrected chi connectivity index (χ1v) is 12.3. The number of benzene rings is 1. The minimum atomic E-state index is -2.50. The molecule has 0 saturated heterocycles. The molecular weight excluding hydrogens is 480 g/mol. The van der Waals surface area contributed by atoms with Gasteiger partial charge in [-0.1, -0.05) is 13.0 Å². The van der Waals surface area contributed by atoms with Gasteiger partial charge < -0.3 is 31.6 Å². The van der Waals surface area contributed by atoms with E-state index in [1.807, 2.05) is 13.8 Å². The lowest BCUT2D eigenvalue weighted by atomic mass is 9.56. The number of aliphatic hydroxyl groups is 3. The van der Waals surface area contributed by atoms with Crippen molar-refractivity contribution < 1.29 is 34.9 Å². The fourth-order valence-corrected chi connectivity index (χ4v) is 6.13. The van der Waals surface area contributed by atoms with E-state index in [2.05, 4.69) is 0 Å². The molecule has 1 fully saturated rings. The van der Waals surface area contributed by atoms with Gasteiger partial charge in [-0.3, -0.25) is 19.3 Å². The highest BCUT2D eigenvalue weighted by molar-refractivity contribution is 6.33. The van der Waals surface area contributed by atoms with Crippen LogP contribution in [0, 0.1) is 17.2 Å². The van der Waals surface area contributed by atoms with Crippen molar-refractivity contribution in [3.8, 4) is 5.75 Å². The fraction of sp³-hybridized carbons (Fsp3) is 0.500. The molecule has 1 saturated carbocycles. The predicted octanol–water partition coefficient (Wildman–Crippen LogP) is 1.19. The van der Waals surface area contributed by atoms with E-state index in [9.17, 15) is 30.0 Å². The van der Waals surface area contributed by atoms with Crippen LogP contribution < -0.4 is 5.73 Å². The maximum Gasteiger partial charge on any atom is 0.254 e. The van der Waals surface area contributed by atoms with Gasteiger partial charge in [-0.15, -0.1) is 0 Å². The number of amides is 1. The summed E-state index contributed by atoms with van der Waals surface area (Å²) in [6.07, 6.45) is 0.404. The third-order valence-electron chi connectivity index (χ3n) is 7.77. The number of aliphatic hydroxyl groups excluding tert-OH is 2. The number of fused-ring (bicyclic) bond motifs is 3. The normalized spacial score (nSPS) is 27.5. The lowest BCUT2D eigenvalue weighted by molar-refractivity contribution is -0.158. The lowest BCUT2D eigenvalue weighted by Gasteiger charge is -2.51. The monoisotopic (exact) mass is 514 g/mol. The van der Waals surface area contributed by atoms with Gasteiger partial charge >= 0.3 is 0 Å². The standard InChI is InChI=1S/C26H34N4O7/c1-5-30(37-6-2)11-12-7-8-16(31)18-14(12)9-13-10-15-20(29(3)4)22(33)19(25(28)35)23(27)26(15,36)24(34)17(13)21(18)32/h7-8,13,15,20,27,31-33,36H,5-6,9-11H2,1-4H3,(H2,28,35)/t13-,15-,20-,26+/m0/s1. The van der Waals surface area contributed by atoms with Crippen LogP contribution >= 0.6 is 0 Å². The largest absolute Gasteiger partial charge is 0.510 e. The first-order valence-electron chi connectivity index (χ1n) is 12.3. The Balaban J connectivity index is 1.88. The van der Waals surface area contributed by atoms with Gasteiger partial charge in [-0.2, -0.15) is 5.06 Å². The van der Waals surface area contributed by atoms with Crippen molar-refractivity contribution in [2.45, 2.75) is 44.9 Å². The van der Waals surface area contributed by atoms with Gasteiger partial charge in [0, 0.05) is 24.6 Å². The highest BCUT2D eigenvalue weighted by atomic mass is 16.7. The zero-order valence-electron chi connectivity index (χ0n) is 21.4. The van der Waals surface area contributed by atoms with E-state index in [0.29, 0.717) is 25.3 Å². The molecule has 1 amide bonds. The number of carbonyl (C=O) groups excluding carboxylic acids is 2. The van der Waals surface area contributed by atoms with Gasteiger partial charge in [-0.25, -0.2) is 0 Å². The summed E-state index contributed by atoms with van der Waals surface area (Å²) < 4.78 is 0. The molecular formula is C26H34N4O7. The molecule has 0 aromatic heterocycles. The van der Waals surface area contributed by atoms with Crippen molar-refractivity contribution in [2.75, 3.05) is 27.2 Å². The Hall–Kier alpha value is -3.25. The quantitative estimate of drug-likeness (QED) is 0.291. The maximum absolute atomic E-state index is 13.9. The van der Waals surface area contributed by atoms with Crippen LogP contribution in [-0.2, 0) is 27.4 Å². The highest BCUT2D eigenvalue weighted by Gasteiger charge is 2.63. The minimum absolute atomic E-state index is 0.103. The number of hydrogen-bond donors (Lipinski definition) is 6. The Morgan fingerprint density at radius 1 is 1.24 bits per heavy atom. The summed E-state index contributed by atoms with van der Waals surface area (Å²) >= 11 is 0. The number of ketones is 1. The van der Waals surface area contributed by atoms with E-state index in [1.165, 1.54) is 6.07 Å². The van der Waals surface area contributed by atoms with Gasteiger partial charge in [0.1, 0.15) is 22.8 Å². The second-order valence-electron chi connectivity index (χ2n) is 9.98. The molecule has 1 aromatic rings. The number of phenols is 1. The molecule has 0 unspecified atom stereocenters. The number of carbonyl (C=O) groups is 2. The van der Waals surface area contributed by atoms with E-state index in [0.717, 1.165) is 5.56 Å². The van der Waals surface area contributed by atoms with Crippen LogP contribution in [0.5, 0.6) is 5.75 Å². The Labute approximate surface area is 214 Å². The van der Waals surface area contributed by atoms with Crippen molar-refractivity contribution in [3.05, 3.63) is 45.7 Å². The van der Waals surface area contributed by atoms with Gasteiger partial charge in [-0.05, 0) is 57.0 Å². The van der Waals surface area contributed by atoms with Crippen molar-refractivity contribution in [1.29, 1.82) is 5.41 Å². The van der Waals surface area contributed by atoms with Crippen LogP contribution in [-0.4, -0.2) is 86.7 Å². The SMILES string of the molecule is CCON(CC)Cc1ccc(O)c2c1C[C@H]1C[C@H]3[C@H](N(C)C)C(O)=C(C(N)=O)C(=N)[C@@]3(O)C(=O)C1=C2O. The van der Waals surface area contributed by atoms with E-state index in [1.54, 1.807) is 30.1 Å². The lowest BCUT2D eigenvalue weighted by Crippen LogP contribution is -2.67. The van der Waals surface area contributed by atoms with Crippen LogP contribution in [0.1, 0.15) is 37.0 Å². The number of hydrogen-bond acceptors (Lipinski definition) is 10. The van der Waals surface area contributed by atoms with Gasteiger partial charge in [0.2, 0.25) is 5.78 Å². The van der Waals surface area contributed by atoms with Crippen molar-refractivity contribution in [3.63, 3.8) is 0 Å². The van der Waals surface area contributed by atoms with Crippen LogP contribution in [0.15, 0.2) is 29.0 Å². The zero-order valence-corrected chi connectivity index (χ0v) is 21.4. The van der Waals surface area contributed by atoms with Crippen LogP contribution in [0.3, 0.4) is 0 Å². The molecule has 200 valence electrons. The fourth-order valence-electron chi connectivity index (χ4n) is 6.13. The first kappa shape index (κ1) is 26.8. The van der Waals surface area contributed by atoms with Gasteiger partial charge in [0.05, 0.1) is 23.9 Å². The third-order valence-corrected chi connectivity index (χ3v) is 7.77. The minimum Gasteiger partial charge on any atom is -0.510 e. The van der Waals surface area contributed by atoms with Crippen LogP contribution in [0.25, 0.3) is 5.76 Å². The molecule has 7 N–H and O–H groups in total. The number of phenolic OH excluding ortho intramolecular Hbond substituents is 1. The molecule has 0 heterocycles. The molecule has 37 heavy (non-hydrogen) atoms. The second-order valence-corrected chi connectivity index (χ2v) is 9.98. The number of nitrogens with two attached hydrogens (primary N) is 1. The topological polar surface area (TPSA) is 181 Å². The number of primary amides is 1. The molecule has 3 aliphatic carbocycles. The zero-order chi connectivity index (χ0) is 27.4. The number of hydroxylamine groups is 2. The number of rotatable bonds is 7.